The molecule has 0 aliphatic carbocycles. The van der Waals surface area contributed by atoms with Crippen molar-refractivity contribution in [1.29, 1.82) is 0 Å². The van der Waals surface area contributed by atoms with Crippen LogP contribution in [0.5, 0.6) is 0 Å². The summed E-state index contributed by atoms with van der Waals surface area (Å²) < 4.78 is 5.23. The Labute approximate surface area is 194 Å². The molecule has 3 fully saturated rings. The molecule has 1 aromatic heterocycles. The van der Waals surface area contributed by atoms with E-state index in [-0.39, 0.29) is 5.54 Å². The Morgan fingerprint density at radius 1 is 1.06 bits per heavy atom. The third kappa shape index (κ3) is 5.83. The third-order valence-corrected chi connectivity index (χ3v) is 7.54. The maximum atomic E-state index is 5.27. The van der Waals surface area contributed by atoms with Gasteiger partial charge in [-0.3, -0.25) is 14.8 Å². The van der Waals surface area contributed by atoms with Crippen molar-refractivity contribution in [3.05, 3.63) is 17.5 Å². The minimum absolute atomic E-state index is 0.236. The summed E-state index contributed by atoms with van der Waals surface area (Å²) in [4.78, 5) is 15.4. The van der Waals surface area contributed by atoms with Gasteiger partial charge in [0.05, 0.1) is 12.2 Å². The molecule has 1 aromatic rings. The van der Waals surface area contributed by atoms with Gasteiger partial charge in [0.2, 0.25) is 0 Å². The van der Waals surface area contributed by atoms with Gasteiger partial charge in [0.15, 0.2) is 5.96 Å². The smallest absolute Gasteiger partial charge is 0.194 e. The average molecular weight is 446 g/mol. The monoisotopic (exact) mass is 445 g/mol. The summed E-state index contributed by atoms with van der Waals surface area (Å²) in [7, 11) is 2.26. The van der Waals surface area contributed by atoms with Crippen LogP contribution in [0.1, 0.15) is 50.5 Å². The molecule has 4 heterocycles. The molecule has 0 bridgehead atoms. The maximum Gasteiger partial charge on any atom is 0.194 e. The highest BCUT2D eigenvalue weighted by molar-refractivity contribution is 5.80. The van der Waals surface area contributed by atoms with Gasteiger partial charge in [-0.2, -0.15) is 0 Å². The molecule has 1 N–H and O–H groups in total. The summed E-state index contributed by atoms with van der Waals surface area (Å²) in [6, 6.07) is 2.04. The standard InChI is InChI=1S/C24H43N7O/c1-4-25-23(30-16-14-29(15-17-30)19-22-18-21(2)32-27-22)26-20-24(8-12-28(3)13-9-24)31-10-6-5-7-11-31/h18H,4-17,19-20H2,1-3H3,(H,25,26). The number of aliphatic imine (C=N–C) groups is 1. The van der Waals surface area contributed by atoms with Crippen molar-refractivity contribution in [1.82, 2.24) is 30.1 Å². The van der Waals surface area contributed by atoms with Crippen LogP contribution < -0.4 is 5.32 Å². The van der Waals surface area contributed by atoms with Crippen molar-refractivity contribution in [2.75, 3.05) is 72.5 Å². The molecule has 8 nitrogen and oxygen atoms in total. The number of hydrogen-bond donors (Lipinski definition) is 1. The predicted molar refractivity (Wildman–Crippen MR) is 129 cm³/mol. The summed E-state index contributed by atoms with van der Waals surface area (Å²) in [5.41, 5.74) is 1.27. The van der Waals surface area contributed by atoms with E-state index < -0.39 is 0 Å². The lowest BCUT2D eigenvalue weighted by Gasteiger charge is -2.49. The topological polar surface area (TPSA) is 63.4 Å². The summed E-state index contributed by atoms with van der Waals surface area (Å²) in [5.74, 6) is 1.98. The van der Waals surface area contributed by atoms with E-state index in [0.717, 1.165) is 63.2 Å². The van der Waals surface area contributed by atoms with Gasteiger partial charge in [-0.25, -0.2) is 0 Å². The van der Waals surface area contributed by atoms with E-state index in [9.17, 15) is 0 Å². The Hall–Kier alpha value is -1.64. The normalized spacial score (nSPS) is 24.1. The first-order chi connectivity index (χ1) is 15.6. The Morgan fingerprint density at radius 2 is 1.78 bits per heavy atom. The van der Waals surface area contributed by atoms with E-state index in [4.69, 9.17) is 9.52 Å². The first-order valence-electron chi connectivity index (χ1n) is 12.7. The molecular formula is C24H43N7O. The molecular weight excluding hydrogens is 402 g/mol. The van der Waals surface area contributed by atoms with Crippen molar-refractivity contribution < 1.29 is 4.52 Å². The van der Waals surface area contributed by atoms with Crippen LogP contribution in [0.3, 0.4) is 0 Å². The Kier molecular flexibility index (Phi) is 8.07. The fourth-order valence-corrected chi connectivity index (χ4v) is 5.46. The van der Waals surface area contributed by atoms with Crippen LogP contribution in [0, 0.1) is 6.92 Å². The van der Waals surface area contributed by atoms with Gasteiger partial charge >= 0.3 is 0 Å². The fourth-order valence-electron chi connectivity index (χ4n) is 5.46. The minimum Gasteiger partial charge on any atom is -0.361 e. The molecule has 0 radical (unpaired) electrons. The lowest BCUT2D eigenvalue weighted by atomic mass is 9.84. The first kappa shape index (κ1) is 23.5. The molecule has 8 heteroatoms. The zero-order valence-corrected chi connectivity index (χ0v) is 20.5. The Morgan fingerprint density at radius 3 is 2.41 bits per heavy atom. The van der Waals surface area contributed by atoms with Crippen LogP contribution in [0.2, 0.25) is 0 Å². The predicted octanol–water partition coefficient (Wildman–Crippen LogP) is 2.02. The summed E-state index contributed by atoms with van der Waals surface area (Å²) in [5, 5.41) is 7.75. The van der Waals surface area contributed by atoms with Crippen LogP contribution in [0.4, 0.5) is 0 Å². The molecule has 32 heavy (non-hydrogen) atoms. The largest absolute Gasteiger partial charge is 0.361 e. The van der Waals surface area contributed by atoms with Crippen molar-refractivity contribution in [3.63, 3.8) is 0 Å². The molecule has 3 aliphatic rings. The van der Waals surface area contributed by atoms with Crippen LogP contribution >= 0.6 is 0 Å². The lowest BCUT2D eigenvalue weighted by Crippen LogP contribution is -2.59. The number of rotatable bonds is 6. The molecule has 0 unspecified atom stereocenters. The van der Waals surface area contributed by atoms with Crippen molar-refractivity contribution >= 4 is 5.96 Å². The van der Waals surface area contributed by atoms with Gasteiger partial charge in [-0.1, -0.05) is 11.6 Å². The van der Waals surface area contributed by atoms with Gasteiger partial charge in [0.1, 0.15) is 5.76 Å². The van der Waals surface area contributed by atoms with Gasteiger partial charge in [-0.15, -0.1) is 0 Å². The number of nitrogens with one attached hydrogen (secondary N) is 1. The SMILES string of the molecule is CCNC(=NCC1(N2CCCCC2)CCN(C)CC1)N1CCN(Cc2cc(C)on2)CC1. The number of aryl methyl sites for hydroxylation is 1. The fraction of sp³-hybridized carbons (Fsp3) is 0.833. The molecule has 0 atom stereocenters. The van der Waals surface area contributed by atoms with Crippen LogP contribution in [-0.2, 0) is 6.54 Å². The number of guanidine groups is 1. The summed E-state index contributed by atoms with van der Waals surface area (Å²) in [6.45, 7) is 15.7. The molecule has 0 spiro atoms. The quantitative estimate of drug-likeness (QED) is 0.531. The number of piperazine rings is 1. The minimum atomic E-state index is 0.236. The number of aromatic nitrogens is 1. The maximum absolute atomic E-state index is 5.27. The van der Waals surface area contributed by atoms with Gasteiger partial charge in [-0.05, 0) is 72.8 Å². The second kappa shape index (κ2) is 11.0. The van der Waals surface area contributed by atoms with Crippen molar-refractivity contribution in [2.45, 2.75) is 58.0 Å². The second-order valence-electron chi connectivity index (χ2n) is 9.94. The number of nitrogens with zero attached hydrogens (tertiary/aromatic N) is 6. The van der Waals surface area contributed by atoms with Gasteiger partial charge < -0.3 is 19.6 Å². The van der Waals surface area contributed by atoms with Crippen molar-refractivity contribution in [3.8, 4) is 0 Å². The second-order valence-corrected chi connectivity index (χ2v) is 9.94. The van der Waals surface area contributed by atoms with Gasteiger partial charge in [0, 0.05) is 50.9 Å². The van der Waals surface area contributed by atoms with E-state index in [2.05, 4.69) is 44.0 Å². The molecule has 4 rings (SSSR count). The molecule has 3 aliphatic heterocycles. The highest BCUT2D eigenvalue weighted by atomic mass is 16.5. The summed E-state index contributed by atoms with van der Waals surface area (Å²) >= 11 is 0. The first-order valence-corrected chi connectivity index (χ1v) is 12.7. The van der Waals surface area contributed by atoms with E-state index in [1.54, 1.807) is 0 Å². The molecule has 0 aromatic carbocycles. The Balaban J connectivity index is 1.39. The zero-order valence-electron chi connectivity index (χ0n) is 20.5. The van der Waals surface area contributed by atoms with E-state index >= 15 is 0 Å². The third-order valence-electron chi connectivity index (χ3n) is 7.54. The average Bonchev–Trinajstić information content (AvgIpc) is 3.23. The van der Waals surface area contributed by atoms with Crippen LogP contribution in [0.25, 0.3) is 0 Å². The lowest BCUT2D eigenvalue weighted by molar-refractivity contribution is 0.0205. The summed E-state index contributed by atoms with van der Waals surface area (Å²) in [6.07, 6.45) is 6.54. The van der Waals surface area contributed by atoms with Crippen molar-refractivity contribution in [2.24, 2.45) is 4.99 Å². The molecule has 0 saturated carbocycles. The molecule has 0 amide bonds. The van der Waals surface area contributed by atoms with Crippen LogP contribution in [-0.4, -0.2) is 109 Å². The molecule has 180 valence electrons. The van der Waals surface area contributed by atoms with E-state index in [0.29, 0.717) is 0 Å². The zero-order chi connectivity index (χ0) is 22.4. The van der Waals surface area contributed by atoms with Crippen LogP contribution in [0.15, 0.2) is 15.6 Å². The number of piperidine rings is 2. The number of hydrogen-bond acceptors (Lipinski definition) is 6. The highest BCUT2D eigenvalue weighted by Gasteiger charge is 2.39. The van der Waals surface area contributed by atoms with E-state index in [1.807, 2.05) is 13.0 Å². The van der Waals surface area contributed by atoms with E-state index in [1.165, 1.54) is 58.3 Å². The number of likely N-dealkylation sites (tertiary alicyclic amines) is 2. The highest BCUT2D eigenvalue weighted by Crippen LogP contribution is 2.31. The Bertz CT molecular complexity index is 726. The van der Waals surface area contributed by atoms with Gasteiger partial charge in [0.25, 0.3) is 0 Å². The molecule has 3 saturated heterocycles.